The first-order valence-electron chi connectivity index (χ1n) is 3.22. The monoisotopic (exact) mass is 184 g/mol. The number of hydrogen-bond donors (Lipinski definition) is 4. The van der Waals surface area contributed by atoms with Gasteiger partial charge in [-0.2, -0.15) is 0 Å². The zero-order valence-corrected chi connectivity index (χ0v) is 7.01. The number of carbonyl (C=O) groups is 1. The Morgan fingerprint density at radius 3 is 2.42 bits per heavy atom. The molecular formula is C7H8N2O2S. The van der Waals surface area contributed by atoms with Gasteiger partial charge in [0.25, 0.3) is 0 Å². The molecule has 0 atom stereocenters. The first-order valence-corrected chi connectivity index (χ1v) is 3.67. The van der Waals surface area contributed by atoms with E-state index in [-0.39, 0.29) is 5.75 Å². The second kappa shape index (κ2) is 3.87. The lowest BCUT2D eigenvalue weighted by Crippen LogP contribution is -2.20. The van der Waals surface area contributed by atoms with Crippen LogP contribution in [0.25, 0.3) is 0 Å². The average molecular weight is 184 g/mol. The van der Waals surface area contributed by atoms with Crippen LogP contribution in [0.15, 0.2) is 24.3 Å². The first kappa shape index (κ1) is 8.73. The third-order valence-corrected chi connectivity index (χ3v) is 1.43. The maximum Gasteiger partial charge on any atom is 0.329 e. The Morgan fingerprint density at radius 2 is 1.92 bits per heavy atom. The van der Waals surface area contributed by atoms with Crippen LogP contribution in [-0.4, -0.2) is 11.1 Å². The summed E-state index contributed by atoms with van der Waals surface area (Å²) in [4.78, 5) is 10.7. The highest BCUT2D eigenvalue weighted by Gasteiger charge is 1.97. The molecule has 5 heteroatoms. The van der Waals surface area contributed by atoms with Crippen LogP contribution >= 0.6 is 12.8 Å². The number of thiol groups is 1. The fourth-order valence-electron chi connectivity index (χ4n) is 0.704. The summed E-state index contributed by atoms with van der Waals surface area (Å²) >= 11 is 3.55. The summed E-state index contributed by atoms with van der Waals surface area (Å²) in [7, 11) is 0. The molecule has 1 rings (SSSR count). The van der Waals surface area contributed by atoms with Gasteiger partial charge in [-0.05, 0) is 24.3 Å². The number of nitrogens with one attached hydrogen (secondary N) is 2. The summed E-state index contributed by atoms with van der Waals surface area (Å²) in [5.74, 6) is 0.159. The Hall–Kier alpha value is -1.36. The second-order valence-corrected chi connectivity index (χ2v) is 2.34. The normalized spacial score (nSPS) is 9.08. The summed E-state index contributed by atoms with van der Waals surface area (Å²) in [6.45, 7) is 0. The van der Waals surface area contributed by atoms with Crippen molar-refractivity contribution in [3.05, 3.63) is 24.3 Å². The number of amides is 2. The lowest BCUT2D eigenvalue weighted by Gasteiger charge is -2.02. The highest BCUT2D eigenvalue weighted by Crippen LogP contribution is 2.13. The zero-order valence-electron chi connectivity index (χ0n) is 6.11. The molecule has 64 valence electrons. The Bertz CT molecular complexity index is 273. The molecule has 2 amide bonds. The summed E-state index contributed by atoms with van der Waals surface area (Å²) in [5, 5.41) is 11.4. The molecule has 0 heterocycles. The largest absolute Gasteiger partial charge is 0.508 e. The van der Waals surface area contributed by atoms with Crippen molar-refractivity contribution in [3.8, 4) is 5.75 Å². The second-order valence-electron chi connectivity index (χ2n) is 2.11. The fourth-order valence-corrected chi connectivity index (χ4v) is 0.760. The molecule has 0 saturated heterocycles. The summed E-state index contributed by atoms with van der Waals surface area (Å²) < 4.78 is 2.11. The van der Waals surface area contributed by atoms with Crippen LogP contribution < -0.4 is 10.0 Å². The number of phenols is 1. The van der Waals surface area contributed by atoms with Crippen LogP contribution in [0.4, 0.5) is 10.5 Å². The van der Waals surface area contributed by atoms with E-state index in [2.05, 4.69) is 22.9 Å². The summed E-state index contributed by atoms with van der Waals surface area (Å²) in [6.07, 6.45) is 0. The van der Waals surface area contributed by atoms with E-state index in [0.717, 1.165) is 0 Å². The van der Waals surface area contributed by atoms with Gasteiger partial charge in [-0.15, -0.1) is 0 Å². The van der Waals surface area contributed by atoms with Crippen molar-refractivity contribution in [1.82, 2.24) is 4.72 Å². The molecule has 0 saturated carbocycles. The molecule has 0 aliphatic carbocycles. The molecule has 0 aromatic heterocycles. The van der Waals surface area contributed by atoms with E-state index in [1.54, 1.807) is 12.1 Å². The van der Waals surface area contributed by atoms with Crippen LogP contribution in [0.5, 0.6) is 5.75 Å². The smallest absolute Gasteiger partial charge is 0.329 e. The average Bonchev–Trinajstić information content (AvgIpc) is 2.09. The molecule has 0 radical (unpaired) electrons. The van der Waals surface area contributed by atoms with E-state index >= 15 is 0 Å². The molecule has 1 aromatic carbocycles. The number of urea groups is 1. The quantitative estimate of drug-likeness (QED) is 0.393. The van der Waals surface area contributed by atoms with Gasteiger partial charge in [0.2, 0.25) is 0 Å². The van der Waals surface area contributed by atoms with Crippen LogP contribution in [-0.2, 0) is 0 Å². The molecule has 4 nitrogen and oxygen atoms in total. The molecule has 0 bridgehead atoms. The van der Waals surface area contributed by atoms with Crippen molar-refractivity contribution in [2.24, 2.45) is 0 Å². The van der Waals surface area contributed by atoms with Crippen LogP contribution in [0, 0.1) is 0 Å². The van der Waals surface area contributed by atoms with Gasteiger partial charge in [0.05, 0.1) is 0 Å². The predicted octanol–water partition coefficient (Wildman–Crippen LogP) is 1.36. The van der Waals surface area contributed by atoms with Crippen molar-refractivity contribution < 1.29 is 9.90 Å². The number of hydrogen-bond acceptors (Lipinski definition) is 3. The topological polar surface area (TPSA) is 61.4 Å². The third kappa shape index (κ3) is 2.35. The number of carbonyl (C=O) groups excluding carboxylic acids is 1. The Morgan fingerprint density at radius 1 is 1.33 bits per heavy atom. The van der Waals surface area contributed by atoms with Crippen molar-refractivity contribution in [3.63, 3.8) is 0 Å². The van der Waals surface area contributed by atoms with Crippen LogP contribution in [0.1, 0.15) is 0 Å². The van der Waals surface area contributed by atoms with Crippen molar-refractivity contribution >= 4 is 24.5 Å². The predicted molar refractivity (Wildman–Crippen MR) is 49.2 cm³/mol. The van der Waals surface area contributed by atoms with Crippen molar-refractivity contribution in [2.75, 3.05) is 5.32 Å². The minimum atomic E-state index is -0.413. The van der Waals surface area contributed by atoms with Gasteiger partial charge in [0.1, 0.15) is 5.75 Å². The highest BCUT2D eigenvalue weighted by atomic mass is 32.1. The molecule has 0 aliphatic heterocycles. The number of phenolic OH excluding ortho intramolecular Hbond substituents is 1. The van der Waals surface area contributed by atoms with Gasteiger partial charge in [0, 0.05) is 5.69 Å². The molecule has 0 unspecified atom stereocenters. The van der Waals surface area contributed by atoms with Crippen molar-refractivity contribution in [2.45, 2.75) is 0 Å². The fraction of sp³-hybridized carbons (Fsp3) is 0. The molecular weight excluding hydrogens is 176 g/mol. The van der Waals surface area contributed by atoms with Gasteiger partial charge in [-0.3, -0.25) is 4.72 Å². The SMILES string of the molecule is O=C(NS)Nc1ccc(O)cc1. The molecule has 3 N–H and O–H groups in total. The number of aromatic hydroxyl groups is 1. The van der Waals surface area contributed by atoms with E-state index in [0.29, 0.717) is 5.69 Å². The minimum absolute atomic E-state index is 0.159. The lowest BCUT2D eigenvalue weighted by atomic mass is 10.3. The zero-order chi connectivity index (χ0) is 8.97. The number of rotatable bonds is 1. The van der Waals surface area contributed by atoms with Gasteiger partial charge in [0.15, 0.2) is 0 Å². The molecule has 12 heavy (non-hydrogen) atoms. The minimum Gasteiger partial charge on any atom is -0.508 e. The van der Waals surface area contributed by atoms with Crippen LogP contribution in [0.2, 0.25) is 0 Å². The molecule has 0 spiro atoms. The summed E-state index contributed by atoms with van der Waals surface area (Å²) in [5.41, 5.74) is 0.597. The molecule has 0 fully saturated rings. The maximum absolute atomic E-state index is 10.7. The van der Waals surface area contributed by atoms with E-state index < -0.39 is 6.03 Å². The van der Waals surface area contributed by atoms with Gasteiger partial charge in [-0.25, -0.2) is 4.79 Å². The van der Waals surface area contributed by atoms with Gasteiger partial charge < -0.3 is 10.4 Å². The number of anilines is 1. The van der Waals surface area contributed by atoms with E-state index in [1.165, 1.54) is 12.1 Å². The Labute approximate surface area is 75.1 Å². The highest BCUT2D eigenvalue weighted by molar-refractivity contribution is 7.78. The third-order valence-electron chi connectivity index (χ3n) is 1.23. The lowest BCUT2D eigenvalue weighted by molar-refractivity contribution is 0.257. The maximum atomic E-state index is 10.7. The first-order chi connectivity index (χ1) is 5.72. The van der Waals surface area contributed by atoms with E-state index in [1.807, 2.05) is 0 Å². The number of benzene rings is 1. The molecule has 1 aromatic rings. The Balaban J connectivity index is 2.64. The Kier molecular flexibility index (Phi) is 2.82. The van der Waals surface area contributed by atoms with Gasteiger partial charge in [-0.1, -0.05) is 12.8 Å². The molecule has 0 aliphatic rings. The van der Waals surface area contributed by atoms with E-state index in [4.69, 9.17) is 5.11 Å². The van der Waals surface area contributed by atoms with Gasteiger partial charge >= 0.3 is 6.03 Å². The van der Waals surface area contributed by atoms with E-state index in [9.17, 15) is 4.79 Å². The standard InChI is InChI=1S/C7H8N2O2S/c10-6-3-1-5(2-4-6)8-7(11)9-12/h1-4,10,12H,(H2,8,9,11). The summed E-state index contributed by atoms with van der Waals surface area (Å²) in [6, 6.07) is 5.71. The van der Waals surface area contributed by atoms with Crippen molar-refractivity contribution in [1.29, 1.82) is 0 Å². The van der Waals surface area contributed by atoms with Crippen LogP contribution in [0.3, 0.4) is 0 Å².